The molecule has 3 N–H and O–H groups in total. The van der Waals surface area contributed by atoms with Crippen molar-refractivity contribution in [3.63, 3.8) is 0 Å². The normalized spacial score (nSPS) is 26.0. The van der Waals surface area contributed by atoms with E-state index >= 15 is 0 Å². The van der Waals surface area contributed by atoms with Crippen LogP contribution in [0.15, 0.2) is 54.6 Å². The maximum atomic E-state index is 12.7. The average Bonchev–Trinajstić information content (AvgIpc) is 3.43. The Morgan fingerprint density at radius 1 is 0.977 bits per heavy atom. The zero-order valence-corrected chi connectivity index (χ0v) is 25.9. The number of piperidine rings is 1. The quantitative estimate of drug-likeness (QED) is 0.283. The number of alkyl carbamates (subject to hydrolysis) is 1. The number of nitrogens with two attached hydrogens (primary N) is 1. The van der Waals surface area contributed by atoms with Gasteiger partial charge in [0.25, 0.3) is 0 Å². The maximum Gasteiger partial charge on any atom is 0.408 e. The van der Waals surface area contributed by atoms with E-state index in [1.807, 2.05) is 63.2 Å². The first-order valence-electron chi connectivity index (χ1n) is 15.9. The van der Waals surface area contributed by atoms with Crippen molar-refractivity contribution in [2.24, 2.45) is 0 Å². The number of fused-ring (bicyclic) bond motifs is 2. The van der Waals surface area contributed by atoms with Crippen LogP contribution in [-0.4, -0.2) is 56.1 Å². The lowest BCUT2D eigenvalue weighted by Crippen LogP contribution is -2.45. The molecule has 0 spiro atoms. The van der Waals surface area contributed by atoms with Crippen molar-refractivity contribution < 1.29 is 14.3 Å². The predicted octanol–water partition coefficient (Wildman–Crippen LogP) is 6.32. The van der Waals surface area contributed by atoms with Gasteiger partial charge >= 0.3 is 6.09 Å². The van der Waals surface area contributed by atoms with Crippen molar-refractivity contribution >= 4 is 11.8 Å². The molecule has 1 amide bonds. The van der Waals surface area contributed by atoms with Crippen molar-refractivity contribution in [1.29, 1.82) is 0 Å². The van der Waals surface area contributed by atoms with Crippen LogP contribution in [0.5, 0.6) is 5.75 Å². The van der Waals surface area contributed by atoms with Gasteiger partial charge in [-0.05, 0) is 102 Å². The molecule has 3 heterocycles. The van der Waals surface area contributed by atoms with Gasteiger partial charge in [0.15, 0.2) is 0 Å². The lowest BCUT2D eigenvalue weighted by atomic mass is 9.81. The molecule has 1 aliphatic carbocycles. The van der Waals surface area contributed by atoms with E-state index in [0.29, 0.717) is 24.0 Å². The molecule has 2 saturated heterocycles. The van der Waals surface area contributed by atoms with Crippen LogP contribution in [0, 0.1) is 6.92 Å². The molecule has 3 aliphatic rings. The molecule has 3 aromatic rings. The Labute approximate surface area is 255 Å². The van der Waals surface area contributed by atoms with Gasteiger partial charge in [0.2, 0.25) is 0 Å². The van der Waals surface area contributed by atoms with Gasteiger partial charge in [0.05, 0.1) is 6.04 Å². The van der Waals surface area contributed by atoms with Gasteiger partial charge in [-0.2, -0.15) is 0 Å². The van der Waals surface area contributed by atoms with Crippen molar-refractivity contribution in [3.05, 3.63) is 71.8 Å². The third-order valence-corrected chi connectivity index (χ3v) is 9.33. The molecule has 1 saturated carbocycles. The Hall–Kier alpha value is -3.59. The van der Waals surface area contributed by atoms with Gasteiger partial charge in [-0.1, -0.05) is 30.3 Å². The molecular weight excluding hydrogens is 540 g/mol. The van der Waals surface area contributed by atoms with E-state index in [2.05, 4.69) is 44.0 Å². The second-order valence-electron chi connectivity index (χ2n) is 13.6. The Kier molecular flexibility index (Phi) is 8.36. The van der Waals surface area contributed by atoms with E-state index in [1.54, 1.807) is 0 Å². The summed E-state index contributed by atoms with van der Waals surface area (Å²) in [4.78, 5) is 15.4. The highest BCUT2D eigenvalue weighted by Crippen LogP contribution is 2.45. The summed E-state index contributed by atoms with van der Waals surface area (Å²) in [6, 6.07) is 19.3. The third kappa shape index (κ3) is 6.82. The van der Waals surface area contributed by atoms with E-state index in [4.69, 9.17) is 15.2 Å². The van der Waals surface area contributed by atoms with E-state index < -0.39 is 5.60 Å². The molecule has 2 unspecified atom stereocenters. The molecule has 3 atom stereocenters. The number of amides is 1. The molecule has 9 heteroatoms. The SMILES string of the molecule is Cc1nnc(C2CC(Oc3ccc(N)cc3)C2)n1C1CC2CCC(C1)N2CC[C@H](NC(=O)OC(C)(C)C)c1ccccc1. The van der Waals surface area contributed by atoms with Crippen LogP contribution in [0.2, 0.25) is 0 Å². The van der Waals surface area contributed by atoms with Crippen LogP contribution in [0.25, 0.3) is 0 Å². The minimum Gasteiger partial charge on any atom is -0.490 e. The molecule has 230 valence electrons. The van der Waals surface area contributed by atoms with E-state index in [0.717, 1.165) is 67.3 Å². The Bertz CT molecular complexity index is 1370. The first kappa shape index (κ1) is 29.5. The number of ether oxygens (including phenoxy) is 2. The molecule has 1 aromatic heterocycles. The van der Waals surface area contributed by atoms with Crippen LogP contribution >= 0.6 is 0 Å². The Morgan fingerprint density at radius 2 is 1.65 bits per heavy atom. The van der Waals surface area contributed by atoms with E-state index in [9.17, 15) is 4.79 Å². The predicted molar refractivity (Wildman–Crippen MR) is 167 cm³/mol. The summed E-state index contributed by atoms with van der Waals surface area (Å²) >= 11 is 0. The first-order chi connectivity index (χ1) is 20.6. The molecule has 43 heavy (non-hydrogen) atoms. The number of carbonyl (C=O) groups excluding carboxylic acids is 1. The summed E-state index contributed by atoms with van der Waals surface area (Å²) in [5.41, 5.74) is 7.14. The molecule has 2 aliphatic heterocycles. The maximum absolute atomic E-state index is 12.7. The molecule has 9 nitrogen and oxygen atoms in total. The number of nitrogen functional groups attached to an aromatic ring is 1. The zero-order chi connectivity index (χ0) is 30.1. The number of hydrogen-bond donors (Lipinski definition) is 2. The van der Waals surface area contributed by atoms with Crippen LogP contribution in [0.3, 0.4) is 0 Å². The number of anilines is 1. The van der Waals surface area contributed by atoms with Crippen molar-refractivity contribution in [3.8, 4) is 5.75 Å². The number of benzene rings is 2. The first-order valence-corrected chi connectivity index (χ1v) is 15.9. The molecule has 2 bridgehead atoms. The zero-order valence-electron chi connectivity index (χ0n) is 25.9. The monoisotopic (exact) mass is 586 g/mol. The number of hydrogen-bond acceptors (Lipinski definition) is 7. The lowest BCUT2D eigenvalue weighted by molar-refractivity contribution is 0.0487. The summed E-state index contributed by atoms with van der Waals surface area (Å²) < 4.78 is 14.2. The van der Waals surface area contributed by atoms with Gasteiger partial charge in [0, 0.05) is 36.3 Å². The summed E-state index contributed by atoms with van der Waals surface area (Å²) in [5, 5.41) is 12.4. The standard InChI is InChI=1S/C34H46N6O3/c1-22-37-38-32(24-18-30(19-24)42-29-14-10-25(35)11-15-29)40(22)28-20-26-12-13-27(21-28)39(26)17-16-31(23-8-6-5-7-9-23)36-33(41)43-34(2,3)4/h5-11,14-15,24,26-28,30-31H,12-13,16-21,35H2,1-4H3,(H,36,41)/t24?,26?,27?,28?,30?,31-/m0/s1. The Morgan fingerprint density at radius 3 is 2.30 bits per heavy atom. The second-order valence-corrected chi connectivity index (χ2v) is 13.6. The fraction of sp³-hybridized carbons (Fsp3) is 0.559. The number of aryl methyl sites for hydroxylation is 1. The minimum absolute atomic E-state index is 0.0955. The van der Waals surface area contributed by atoms with Crippen molar-refractivity contribution in [1.82, 2.24) is 25.0 Å². The van der Waals surface area contributed by atoms with E-state index in [-0.39, 0.29) is 18.2 Å². The molecule has 3 fully saturated rings. The molecule has 6 rings (SSSR count). The lowest BCUT2D eigenvalue weighted by Gasteiger charge is -2.42. The number of aromatic nitrogens is 3. The van der Waals surface area contributed by atoms with Crippen LogP contribution < -0.4 is 15.8 Å². The van der Waals surface area contributed by atoms with Gasteiger partial charge in [0.1, 0.15) is 29.1 Å². The number of carbonyl (C=O) groups is 1. The van der Waals surface area contributed by atoms with Crippen LogP contribution in [0.4, 0.5) is 10.5 Å². The molecular formula is C34H46N6O3. The molecule has 0 radical (unpaired) electrons. The highest BCUT2D eigenvalue weighted by Gasteiger charge is 2.44. The fourth-order valence-corrected chi connectivity index (χ4v) is 7.28. The average molecular weight is 587 g/mol. The molecule has 2 aromatic carbocycles. The summed E-state index contributed by atoms with van der Waals surface area (Å²) in [6.45, 7) is 8.73. The Balaban J connectivity index is 1.08. The largest absolute Gasteiger partial charge is 0.490 e. The number of rotatable bonds is 9. The highest BCUT2D eigenvalue weighted by molar-refractivity contribution is 5.68. The minimum atomic E-state index is -0.532. The summed E-state index contributed by atoms with van der Waals surface area (Å²) in [6.07, 6.45) is 7.24. The second kappa shape index (κ2) is 12.2. The third-order valence-electron chi connectivity index (χ3n) is 9.33. The summed E-state index contributed by atoms with van der Waals surface area (Å²) in [5.74, 6) is 3.39. The van der Waals surface area contributed by atoms with Crippen molar-refractivity contribution in [2.75, 3.05) is 12.3 Å². The summed E-state index contributed by atoms with van der Waals surface area (Å²) in [7, 11) is 0. The number of nitrogens with zero attached hydrogens (tertiary/aromatic N) is 4. The van der Waals surface area contributed by atoms with Gasteiger partial charge < -0.3 is 25.1 Å². The van der Waals surface area contributed by atoms with Crippen LogP contribution in [0.1, 0.15) is 101 Å². The van der Waals surface area contributed by atoms with Crippen LogP contribution in [-0.2, 0) is 4.74 Å². The number of nitrogens with one attached hydrogen (secondary N) is 1. The smallest absolute Gasteiger partial charge is 0.408 e. The van der Waals surface area contributed by atoms with Gasteiger partial charge in [-0.3, -0.25) is 4.90 Å². The topological polar surface area (TPSA) is 108 Å². The van der Waals surface area contributed by atoms with Crippen molar-refractivity contribution in [2.45, 2.75) is 114 Å². The highest BCUT2D eigenvalue weighted by atomic mass is 16.6. The van der Waals surface area contributed by atoms with Gasteiger partial charge in [-0.25, -0.2) is 4.79 Å². The van der Waals surface area contributed by atoms with Gasteiger partial charge in [-0.15, -0.1) is 10.2 Å². The fourth-order valence-electron chi connectivity index (χ4n) is 7.28. The van der Waals surface area contributed by atoms with E-state index in [1.165, 1.54) is 12.8 Å².